The Morgan fingerprint density at radius 1 is 1.19 bits per heavy atom. The zero-order valence-electron chi connectivity index (χ0n) is 15.6. The van der Waals surface area contributed by atoms with E-state index in [2.05, 4.69) is 39.6 Å². The number of hydrogen-bond acceptors (Lipinski definition) is 4. The highest BCUT2D eigenvalue weighted by atomic mass is 16.2. The summed E-state index contributed by atoms with van der Waals surface area (Å²) in [6, 6.07) is 12.4. The van der Waals surface area contributed by atoms with Crippen LogP contribution in [0.15, 0.2) is 36.4 Å². The molecule has 27 heavy (non-hydrogen) atoms. The SMILES string of the molecule is CC(=O)N[C@@H]1CCN(C(=O)c2cc3n(n2)CCN(Cc2ccccc2)C3)C1. The highest BCUT2D eigenvalue weighted by Gasteiger charge is 2.30. The van der Waals surface area contributed by atoms with Gasteiger partial charge in [0, 0.05) is 45.7 Å². The number of hydrogen-bond donors (Lipinski definition) is 1. The lowest BCUT2D eigenvalue weighted by molar-refractivity contribution is -0.119. The van der Waals surface area contributed by atoms with E-state index in [0.29, 0.717) is 18.8 Å². The van der Waals surface area contributed by atoms with Crippen molar-refractivity contribution in [2.24, 2.45) is 0 Å². The van der Waals surface area contributed by atoms with E-state index in [-0.39, 0.29) is 17.9 Å². The van der Waals surface area contributed by atoms with E-state index >= 15 is 0 Å². The molecule has 0 spiro atoms. The van der Waals surface area contributed by atoms with Gasteiger partial charge in [-0.3, -0.25) is 19.2 Å². The molecule has 1 aromatic carbocycles. The summed E-state index contributed by atoms with van der Waals surface area (Å²) in [6.07, 6.45) is 0.795. The Balaban J connectivity index is 1.39. The second kappa shape index (κ2) is 7.52. The number of benzene rings is 1. The number of fused-ring (bicyclic) bond motifs is 1. The van der Waals surface area contributed by atoms with Crippen LogP contribution in [0.2, 0.25) is 0 Å². The first-order valence-electron chi connectivity index (χ1n) is 9.48. The minimum atomic E-state index is -0.0507. The van der Waals surface area contributed by atoms with Crippen LogP contribution in [0.1, 0.15) is 35.1 Å². The fraction of sp³-hybridized carbons (Fsp3) is 0.450. The Kier molecular flexibility index (Phi) is 4.94. The molecule has 4 rings (SSSR count). The summed E-state index contributed by atoms with van der Waals surface area (Å²) in [7, 11) is 0. The van der Waals surface area contributed by atoms with Crippen molar-refractivity contribution in [1.29, 1.82) is 0 Å². The molecule has 2 aromatic rings. The van der Waals surface area contributed by atoms with Crippen LogP contribution in [0, 0.1) is 0 Å². The number of aromatic nitrogens is 2. The summed E-state index contributed by atoms with van der Waals surface area (Å²) >= 11 is 0. The van der Waals surface area contributed by atoms with E-state index in [1.807, 2.05) is 16.8 Å². The van der Waals surface area contributed by atoms with E-state index in [1.165, 1.54) is 12.5 Å². The normalized spacial score (nSPS) is 19.7. The summed E-state index contributed by atoms with van der Waals surface area (Å²) in [5, 5.41) is 7.43. The Labute approximate surface area is 158 Å². The van der Waals surface area contributed by atoms with Crippen molar-refractivity contribution < 1.29 is 9.59 Å². The third kappa shape index (κ3) is 4.03. The van der Waals surface area contributed by atoms with Crippen molar-refractivity contribution in [3.05, 3.63) is 53.3 Å². The predicted molar refractivity (Wildman–Crippen MR) is 101 cm³/mol. The predicted octanol–water partition coefficient (Wildman–Crippen LogP) is 1.25. The van der Waals surface area contributed by atoms with Crippen LogP contribution in [-0.4, -0.2) is 57.1 Å². The van der Waals surface area contributed by atoms with Crippen molar-refractivity contribution in [2.45, 2.75) is 39.0 Å². The topological polar surface area (TPSA) is 70.5 Å². The monoisotopic (exact) mass is 367 g/mol. The lowest BCUT2D eigenvalue weighted by atomic mass is 10.2. The molecule has 1 saturated heterocycles. The first kappa shape index (κ1) is 17.7. The van der Waals surface area contributed by atoms with Gasteiger partial charge in [-0.25, -0.2) is 0 Å². The van der Waals surface area contributed by atoms with Crippen LogP contribution in [0.4, 0.5) is 0 Å². The zero-order chi connectivity index (χ0) is 18.8. The number of amides is 2. The smallest absolute Gasteiger partial charge is 0.274 e. The lowest BCUT2D eigenvalue weighted by Crippen LogP contribution is -2.37. The maximum Gasteiger partial charge on any atom is 0.274 e. The molecule has 0 saturated carbocycles. The molecule has 1 atom stereocenters. The number of nitrogens with one attached hydrogen (secondary N) is 1. The Morgan fingerprint density at radius 3 is 2.78 bits per heavy atom. The van der Waals surface area contributed by atoms with Gasteiger partial charge >= 0.3 is 0 Å². The fourth-order valence-corrected chi connectivity index (χ4v) is 3.91. The fourth-order valence-electron chi connectivity index (χ4n) is 3.91. The maximum absolute atomic E-state index is 12.8. The average Bonchev–Trinajstić information content (AvgIpc) is 3.28. The molecule has 0 radical (unpaired) electrons. The van der Waals surface area contributed by atoms with Gasteiger partial charge in [0.1, 0.15) is 0 Å². The number of carbonyl (C=O) groups is 2. The van der Waals surface area contributed by atoms with Crippen molar-refractivity contribution >= 4 is 11.8 Å². The molecule has 0 aliphatic carbocycles. The van der Waals surface area contributed by atoms with Gasteiger partial charge in [0.25, 0.3) is 5.91 Å². The molecule has 0 bridgehead atoms. The highest BCUT2D eigenvalue weighted by molar-refractivity contribution is 5.92. The third-order valence-corrected chi connectivity index (χ3v) is 5.23. The van der Waals surface area contributed by atoms with Gasteiger partial charge in [-0.1, -0.05) is 30.3 Å². The first-order chi connectivity index (χ1) is 13.1. The number of likely N-dealkylation sites (tertiary alicyclic amines) is 1. The molecule has 2 aliphatic rings. The molecule has 2 aliphatic heterocycles. The summed E-state index contributed by atoms with van der Waals surface area (Å²) in [6.45, 7) is 6.14. The van der Waals surface area contributed by atoms with Crippen LogP contribution in [-0.2, 0) is 24.4 Å². The van der Waals surface area contributed by atoms with Crippen LogP contribution in [0.3, 0.4) is 0 Å². The van der Waals surface area contributed by atoms with Gasteiger partial charge < -0.3 is 10.2 Å². The molecular formula is C20H25N5O2. The van der Waals surface area contributed by atoms with Crippen LogP contribution < -0.4 is 5.32 Å². The molecule has 142 valence electrons. The Hall–Kier alpha value is -2.67. The molecule has 0 unspecified atom stereocenters. The van der Waals surface area contributed by atoms with E-state index in [0.717, 1.165) is 38.3 Å². The van der Waals surface area contributed by atoms with Crippen LogP contribution in [0.5, 0.6) is 0 Å². The van der Waals surface area contributed by atoms with Crippen molar-refractivity contribution in [3.8, 4) is 0 Å². The zero-order valence-corrected chi connectivity index (χ0v) is 15.6. The van der Waals surface area contributed by atoms with Gasteiger partial charge in [0.2, 0.25) is 5.91 Å². The van der Waals surface area contributed by atoms with E-state index in [9.17, 15) is 9.59 Å². The quantitative estimate of drug-likeness (QED) is 0.883. The van der Waals surface area contributed by atoms with Crippen LogP contribution >= 0.6 is 0 Å². The van der Waals surface area contributed by atoms with E-state index in [1.54, 1.807) is 4.90 Å². The number of rotatable bonds is 4. The second-order valence-corrected chi connectivity index (χ2v) is 7.38. The van der Waals surface area contributed by atoms with Crippen molar-refractivity contribution in [2.75, 3.05) is 19.6 Å². The van der Waals surface area contributed by atoms with Gasteiger partial charge in [-0.15, -0.1) is 0 Å². The summed E-state index contributed by atoms with van der Waals surface area (Å²) < 4.78 is 1.95. The minimum Gasteiger partial charge on any atom is -0.352 e. The van der Waals surface area contributed by atoms with Crippen molar-refractivity contribution in [3.63, 3.8) is 0 Å². The standard InChI is InChI=1S/C20H25N5O2/c1-15(26)21-17-7-8-24(13-17)20(27)19-11-18-14-23(9-10-25(18)22-19)12-16-5-3-2-4-6-16/h2-6,11,17H,7-10,12-14H2,1H3,(H,21,26)/t17-/m1/s1. The first-order valence-corrected chi connectivity index (χ1v) is 9.48. The van der Waals surface area contributed by atoms with E-state index in [4.69, 9.17) is 0 Å². The number of nitrogens with zero attached hydrogens (tertiary/aromatic N) is 4. The molecule has 1 fully saturated rings. The molecule has 7 nitrogen and oxygen atoms in total. The summed E-state index contributed by atoms with van der Waals surface area (Å²) in [4.78, 5) is 28.2. The third-order valence-electron chi connectivity index (χ3n) is 5.23. The Morgan fingerprint density at radius 2 is 2.00 bits per heavy atom. The molecule has 2 amide bonds. The van der Waals surface area contributed by atoms with E-state index < -0.39 is 0 Å². The largest absolute Gasteiger partial charge is 0.352 e. The summed E-state index contributed by atoms with van der Waals surface area (Å²) in [5.74, 6) is -0.0929. The molecule has 1 N–H and O–H groups in total. The molecule has 1 aromatic heterocycles. The minimum absolute atomic E-state index is 0.0423. The average molecular weight is 367 g/mol. The second-order valence-electron chi connectivity index (χ2n) is 7.38. The number of carbonyl (C=O) groups excluding carboxylic acids is 2. The molecule has 7 heteroatoms. The molecule has 3 heterocycles. The molecular weight excluding hydrogens is 342 g/mol. The lowest BCUT2D eigenvalue weighted by Gasteiger charge is -2.27. The van der Waals surface area contributed by atoms with Gasteiger partial charge in [-0.05, 0) is 18.1 Å². The van der Waals surface area contributed by atoms with Gasteiger partial charge in [-0.2, -0.15) is 5.10 Å². The van der Waals surface area contributed by atoms with Crippen molar-refractivity contribution in [1.82, 2.24) is 24.9 Å². The maximum atomic E-state index is 12.8. The van der Waals surface area contributed by atoms with Gasteiger partial charge in [0.15, 0.2) is 5.69 Å². The summed E-state index contributed by atoms with van der Waals surface area (Å²) in [5.41, 5.74) is 2.89. The highest BCUT2D eigenvalue weighted by Crippen LogP contribution is 2.19. The van der Waals surface area contributed by atoms with Crippen LogP contribution in [0.25, 0.3) is 0 Å². The van der Waals surface area contributed by atoms with Gasteiger partial charge in [0.05, 0.1) is 12.2 Å². The Bertz CT molecular complexity index is 832.